The maximum absolute atomic E-state index is 12.4. The molecule has 0 saturated heterocycles. The molecule has 0 aliphatic carbocycles. The normalized spacial score (nSPS) is 11.1. The Bertz CT molecular complexity index is 1020. The summed E-state index contributed by atoms with van der Waals surface area (Å²) in [6.45, 7) is -1.36. The van der Waals surface area contributed by atoms with E-state index >= 15 is 0 Å². The highest BCUT2D eigenvalue weighted by molar-refractivity contribution is 7.89. The molecule has 0 aromatic heterocycles. The Morgan fingerprint density at radius 2 is 1.63 bits per heavy atom. The van der Waals surface area contributed by atoms with E-state index in [1.165, 1.54) is 50.6 Å². The molecule has 0 unspecified atom stereocenters. The van der Waals surface area contributed by atoms with Gasteiger partial charge in [0.1, 0.15) is 12.3 Å². The third-order valence-electron chi connectivity index (χ3n) is 3.84. The average Bonchev–Trinajstić information content (AvgIpc) is 2.72. The molecule has 0 heterocycles. The average molecular weight is 455 g/mol. The maximum atomic E-state index is 12.4. The summed E-state index contributed by atoms with van der Waals surface area (Å²) in [5.41, 5.74) is 0.212. The van der Waals surface area contributed by atoms with Gasteiger partial charge in [-0.2, -0.15) is 4.31 Å². The van der Waals surface area contributed by atoms with E-state index < -0.39 is 41.0 Å². The van der Waals surface area contributed by atoms with Gasteiger partial charge in [-0.05, 0) is 48.5 Å². The lowest BCUT2D eigenvalue weighted by Crippen LogP contribution is -2.37. The van der Waals surface area contributed by atoms with Crippen LogP contribution in [-0.4, -0.2) is 57.8 Å². The lowest BCUT2D eigenvalue weighted by Gasteiger charge is -2.16. The number of hydrogen-bond acceptors (Lipinski definition) is 7. The van der Waals surface area contributed by atoms with Crippen molar-refractivity contribution < 1.29 is 32.3 Å². The predicted molar refractivity (Wildman–Crippen MR) is 108 cm³/mol. The van der Waals surface area contributed by atoms with Gasteiger partial charge in [0.2, 0.25) is 10.0 Å². The van der Waals surface area contributed by atoms with Crippen LogP contribution in [0.5, 0.6) is 5.75 Å². The van der Waals surface area contributed by atoms with Gasteiger partial charge in [0, 0.05) is 17.6 Å². The number of rotatable bonds is 8. The molecule has 2 aromatic rings. The second-order valence-corrected chi connectivity index (χ2v) is 8.46. The van der Waals surface area contributed by atoms with Crippen molar-refractivity contribution in [2.24, 2.45) is 0 Å². The molecule has 11 heteroatoms. The Morgan fingerprint density at radius 1 is 1.03 bits per heavy atom. The van der Waals surface area contributed by atoms with Gasteiger partial charge in [-0.15, -0.1) is 0 Å². The number of carbonyl (C=O) groups is 3. The number of imide groups is 1. The number of sulfonamides is 1. The molecule has 0 bridgehead atoms. The standard InChI is InChI=1S/C19H19ClN2O7S/c1-22(30(26,27)16-9-5-14(20)6-10-16)11-18(24)29-12-17(23)21-19(25)13-3-7-15(28-2)8-4-13/h3-10H,11-12H2,1-2H3,(H,21,23,25). The van der Waals surface area contributed by atoms with Crippen molar-refractivity contribution in [3.8, 4) is 5.75 Å². The number of likely N-dealkylation sites (N-methyl/N-ethyl adjacent to an activating group) is 1. The van der Waals surface area contributed by atoms with E-state index in [9.17, 15) is 22.8 Å². The molecule has 0 fully saturated rings. The van der Waals surface area contributed by atoms with Crippen molar-refractivity contribution in [1.82, 2.24) is 9.62 Å². The fraction of sp³-hybridized carbons (Fsp3) is 0.211. The highest BCUT2D eigenvalue weighted by atomic mass is 35.5. The molecule has 0 atom stereocenters. The molecule has 2 amide bonds. The quantitative estimate of drug-likeness (QED) is 0.600. The smallest absolute Gasteiger partial charge is 0.321 e. The van der Waals surface area contributed by atoms with Gasteiger partial charge in [0.05, 0.1) is 12.0 Å². The zero-order valence-electron chi connectivity index (χ0n) is 16.1. The first-order valence-corrected chi connectivity index (χ1v) is 10.3. The topological polar surface area (TPSA) is 119 Å². The first kappa shape index (κ1) is 23.3. The van der Waals surface area contributed by atoms with Crippen LogP contribution in [0, 0.1) is 0 Å². The highest BCUT2D eigenvalue weighted by Gasteiger charge is 2.24. The summed E-state index contributed by atoms with van der Waals surface area (Å²) >= 11 is 5.74. The van der Waals surface area contributed by atoms with E-state index in [1.54, 1.807) is 12.1 Å². The van der Waals surface area contributed by atoms with E-state index in [1.807, 2.05) is 0 Å². The Labute approximate surface area is 178 Å². The number of esters is 1. The number of hydrogen-bond donors (Lipinski definition) is 1. The fourth-order valence-electron chi connectivity index (χ4n) is 2.22. The third-order valence-corrected chi connectivity index (χ3v) is 5.91. The van der Waals surface area contributed by atoms with Gasteiger partial charge < -0.3 is 9.47 Å². The molecule has 30 heavy (non-hydrogen) atoms. The van der Waals surface area contributed by atoms with Crippen molar-refractivity contribution >= 4 is 39.4 Å². The van der Waals surface area contributed by atoms with Crippen molar-refractivity contribution in [3.05, 3.63) is 59.1 Å². The summed E-state index contributed by atoms with van der Waals surface area (Å²) in [6.07, 6.45) is 0. The number of methoxy groups -OCH3 is 1. The molecular formula is C19H19ClN2O7S. The van der Waals surface area contributed by atoms with Crippen LogP contribution in [0.15, 0.2) is 53.4 Å². The molecule has 1 N–H and O–H groups in total. The first-order valence-electron chi connectivity index (χ1n) is 8.49. The summed E-state index contributed by atoms with van der Waals surface area (Å²) in [4.78, 5) is 35.6. The Morgan fingerprint density at radius 3 is 2.20 bits per heavy atom. The number of nitrogens with one attached hydrogen (secondary N) is 1. The molecule has 0 saturated carbocycles. The molecular weight excluding hydrogens is 436 g/mol. The molecule has 2 rings (SSSR count). The molecule has 0 radical (unpaired) electrons. The summed E-state index contributed by atoms with van der Waals surface area (Å²) in [7, 11) is -1.27. The minimum absolute atomic E-state index is 0.0509. The molecule has 0 aliphatic rings. The molecule has 9 nitrogen and oxygen atoms in total. The van der Waals surface area contributed by atoms with E-state index in [0.29, 0.717) is 10.8 Å². The van der Waals surface area contributed by atoms with Gasteiger partial charge >= 0.3 is 5.97 Å². The van der Waals surface area contributed by atoms with Crippen molar-refractivity contribution in [1.29, 1.82) is 0 Å². The molecule has 0 aliphatic heterocycles. The number of benzene rings is 2. The number of ether oxygens (including phenoxy) is 2. The lowest BCUT2D eigenvalue weighted by atomic mass is 10.2. The van der Waals surface area contributed by atoms with Crippen molar-refractivity contribution in [2.75, 3.05) is 27.3 Å². The fourth-order valence-corrected chi connectivity index (χ4v) is 3.46. The zero-order valence-corrected chi connectivity index (χ0v) is 17.7. The SMILES string of the molecule is COc1ccc(C(=O)NC(=O)COC(=O)CN(C)S(=O)(=O)c2ccc(Cl)cc2)cc1. The zero-order chi connectivity index (χ0) is 22.3. The lowest BCUT2D eigenvalue weighted by molar-refractivity contribution is -0.148. The summed E-state index contributed by atoms with van der Waals surface area (Å²) in [6, 6.07) is 11.5. The summed E-state index contributed by atoms with van der Waals surface area (Å²) in [5.74, 6) is -1.94. The van der Waals surface area contributed by atoms with Crippen LogP contribution in [0.25, 0.3) is 0 Å². The van der Waals surface area contributed by atoms with Crippen molar-refractivity contribution in [3.63, 3.8) is 0 Å². The van der Waals surface area contributed by atoms with Crippen LogP contribution in [0.4, 0.5) is 0 Å². The van der Waals surface area contributed by atoms with Gasteiger partial charge in [-0.1, -0.05) is 11.6 Å². The molecule has 0 spiro atoms. The first-order chi connectivity index (χ1) is 14.1. The van der Waals surface area contributed by atoms with Gasteiger partial charge in [0.15, 0.2) is 6.61 Å². The van der Waals surface area contributed by atoms with Gasteiger partial charge in [0.25, 0.3) is 11.8 Å². The van der Waals surface area contributed by atoms with Gasteiger partial charge in [-0.3, -0.25) is 19.7 Å². The minimum atomic E-state index is -3.94. The number of halogens is 1. The summed E-state index contributed by atoms with van der Waals surface area (Å²) in [5, 5.41) is 2.43. The minimum Gasteiger partial charge on any atom is -0.497 e. The monoisotopic (exact) mass is 454 g/mol. The van der Waals surface area contributed by atoms with Crippen LogP contribution in [-0.2, 0) is 24.3 Å². The number of amides is 2. The molecule has 160 valence electrons. The largest absolute Gasteiger partial charge is 0.497 e. The Hall–Kier alpha value is -2.95. The highest BCUT2D eigenvalue weighted by Crippen LogP contribution is 2.17. The van der Waals surface area contributed by atoms with Crippen LogP contribution in [0.1, 0.15) is 10.4 Å². The Kier molecular flexibility index (Phi) is 7.93. The van der Waals surface area contributed by atoms with Crippen LogP contribution >= 0.6 is 11.6 Å². The van der Waals surface area contributed by atoms with Gasteiger partial charge in [-0.25, -0.2) is 8.42 Å². The second-order valence-electron chi connectivity index (χ2n) is 5.98. The van der Waals surface area contributed by atoms with Crippen LogP contribution in [0.3, 0.4) is 0 Å². The number of nitrogens with zero attached hydrogens (tertiary/aromatic N) is 1. The van der Waals surface area contributed by atoms with E-state index in [-0.39, 0.29) is 10.5 Å². The maximum Gasteiger partial charge on any atom is 0.321 e. The third kappa shape index (κ3) is 6.28. The van der Waals surface area contributed by atoms with E-state index in [0.717, 1.165) is 4.31 Å². The van der Waals surface area contributed by atoms with E-state index in [4.69, 9.17) is 21.1 Å². The molecule has 2 aromatic carbocycles. The Balaban J connectivity index is 1.84. The summed E-state index contributed by atoms with van der Waals surface area (Å²) < 4.78 is 35.3. The van der Waals surface area contributed by atoms with Crippen molar-refractivity contribution in [2.45, 2.75) is 4.90 Å². The number of carbonyl (C=O) groups excluding carboxylic acids is 3. The van der Waals surface area contributed by atoms with Crippen LogP contribution < -0.4 is 10.1 Å². The second kappa shape index (κ2) is 10.2. The predicted octanol–water partition coefficient (Wildman–Crippen LogP) is 1.47. The van der Waals surface area contributed by atoms with Crippen LogP contribution in [0.2, 0.25) is 5.02 Å². The van der Waals surface area contributed by atoms with E-state index in [2.05, 4.69) is 5.32 Å².